The number of anilines is 1. The molecule has 0 aromatic heterocycles. The van der Waals surface area contributed by atoms with Gasteiger partial charge in [0.2, 0.25) is 5.91 Å². The maximum atomic E-state index is 11.2. The standard InChI is InChI=1S/C14H19N3O5/c1-14(2,9-19)16-11-4-3-10(7-12(11)17(21)22)5-6-15-13(20)8-18/h3-4,7,9,16,18H,5-6,8H2,1-2H3,(H,15,20). The van der Waals surface area contributed by atoms with Gasteiger partial charge < -0.3 is 20.5 Å². The predicted octanol–water partition coefficient (Wildman–Crippen LogP) is 0.635. The van der Waals surface area contributed by atoms with E-state index in [1.165, 1.54) is 12.1 Å². The van der Waals surface area contributed by atoms with Gasteiger partial charge in [-0.3, -0.25) is 14.9 Å². The van der Waals surface area contributed by atoms with E-state index in [4.69, 9.17) is 5.11 Å². The minimum Gasteiger partial charge on any atom is -0.387 e. The number of nitrogens with one attached hydrogen (secondary N) is 2. The van der Waals surface area contributed by atoms with Crippen LogP contribution in [0.1, 0.15) is 19.4 Å². The first-order valence-corrected chi connectivity index (χ1v) is 6.68. The van der Waals surface area contributed by atoms with Crippen LogP contribution in [-0.2, 0) is 16.0 Å². The van der Waals surface area contributed by atoms with Crippen LogP contribution in [0.2, 0.25) is 0 Å². The summed E-state index contributed by atoms with van der Waals surface area (Å²) in [5, 5.41) is 25.0. The van der Waals surface area contributed by atoms with Crippen LogP contribution in [0.4, 0.5) is 11.4 Å². The van der Waals surface area contributed by atoms with Crippen LogP contribution in [-0.4, -0.2) is 40.9 Å². The number of nitro benzene ring substituents is 1. The van der Waals surface area contributed by atoms with Gasteiger partial charge in [0.25, 0.3) is 5.69 Å². The monoisotopic (exact) mass is 309 g/mol. The topological polar surface area (TPSA) is 122 Å². The Labute approximate surface area is 127 Å². The lowest BCUT2D eigenvalue weighted by Gasteiger charge is -2.20. The molecule has 0 saturated carbocycles. The fourth-order valence-corrected chi connectivity index (χ4v) is 1.77. The molecule has 0 aliphatic carbocycles. The minimum absolute atomic E-state index is 0.138. The highest BCUT2D eigenvalue weighted by Crippen LogP contribution is 2.28. The largest absolute Gasteiger partial charge is 0.387 e. The lowest BCUT2D eigenvalue weighted by molar-refractivity contribution is -0.384. The van der Waals surface area contributed by atoms with Crippen molar-refractivity contribution >= 4 is 23.6 Å². The van der Waals surface area contributed by atoms with Crippen LogP contribution in [0.15, 0.2) is 18.2 Å². The molecule has 1 amide bonds. The highest BCUT2D eigenvalue weighted by atomic mass is 16.6. The summed E-state index contributed by atoms with van der Waals surface area (Å²) in [7, 11) is 0. The molecule has 0 aliphatic rings. The summed E-state index contributed by atoms with van der Waals surface area (Å²) < 4.78 is 0. The number of carbonyl (C=O) groups is 2. The zero-order chi connectivity index (χ0) is 16.8. The van der Waals surface area contributed by atoms with Gasteiger partial charge in [-0.15, -0.1) is 0 Å². The van der Waals surface area contributed by atoms with Crippen molar-refractivity contribution in [3.63, 3.8) is 0 Å². The predicted molar refractivity (Wildman–Crippen MR) is 80.7 cm³/mol. The smallest absolute Gasteiger partial charge is 0.292 e. The third-order valence-corrected chi connectivity index (χ3v) is 2.89. The molecule has 0 bridgehead atoms. The van der Waals surface area contributed by atoms with E-state index >= 15 is 0 Å². The highest BCUT2D eigenvalue weighted by molar-refractivity contribution is 5.77. The number of nitro groups is 1. The minimum atomic E-state index is -0.915. The second kappa shape index (κ2) is 7.51. The fourth-order valence-electron chi connectivity index (χ4n) is 1.77. The van der Waals surface area contributed by atoms with E-state index in [-0.39, 0.29) is 17.9 Å². The van der Waals surface area contributed by atoms with Crippen molar-refractivity contribution in [2.75, 3.05) is 18.5 Å². The van der Waals surface area contributed by atoms with E-state index in [0.29, 0.717) is 18.3 Å². The summed E-state index contributed by atoms with van der Waals surface area (Å²) in [6, 6.07) is 4.61. The van der Waals surface area contributed by atoms with Gasteiger partial charge in [-0.25, -0.2) is 0 Å². The normalized spacial score (nSPS) is 10.9. The van der Waals surface area contributed by atoms with Gasteiger partial charge in [0, 0.05) is 12.6 Å². The van der Waals surface area contributed by atoms with E-state index in [0.717, 1.165) is 0 Å². The van der Waals surface area contributed by atoms with Gasteiger partial charge >= 0.3 is 0 Å². The van der Waals surface area contributed by atoms with Gasteiger partial charge in [0.15, 0.2) is 0 Å². The van der Waals surface area contributed by atoms with Gasteiger partial charge in [-0.05, 0) is 31.9 Å². The first kappa shape index (κ1) is 17.6. The molecule has 0 radical (unpaired) electrons. The van der Waals surface area contributed by atoms with Crippen molar-refractivity contribution in [2.45, 2.75) is 25.8 Å². The summed E-state index contributed by atoms with van der Waals surface area (Å²) >= 11 is 0. The molecule has 0 atom stereocenters. The number of hydrogen-bond acceptors (Lipinski definition) is 6. The first-order chi connectivity index (χ1) is 10.3. The van der Waals surface area contributed by atoms with E-state index in [2.05, 4.69) is 10.6 Å². The summed E-state index contributed by atoms with van der Waals surface area (Å²) in [4.78, 5) is 32.5. The lowest BCUT2D eigenvalue weighted by atomic mass is 10.1. The Hall–Kier alpha value is -2.48. The molecule has 22 heavy (non-hydrogen) atoms. The Kier molecular flexibility index (Phi) is 6.00. The number of rotatable bonds is 8. The number of aliphatic hydroxyl groups is 1. The maximum Gasteiger partial charge on any atom is 0.292 e. The molecule has 1 aromatic carbocycles. The molecular formula is C14H19N3O5. The number of benzene rings is 1. The maximum absolute atomic E-state index is 11.2. The Morgan fingerprint density at radius 3 is 2.68 bits per heavy atom. The van der Waals surface area contributed by atoms with E-state index in [9.17, 15) is 19.7 Å². The third kappa shape index (κ3) is 5.13. The average molecular weight is 309 g/mol. The Balaban J connectivity index is 2.88. The third-order valence-electron chi connectivity index (χ3n) is 2.89. The van der Waals surface area contributed by atoms with Gasteiger partial charge in [-0.1, -0.05) is 6.07 Å². The summed E-state index contributed by atoms with van der Waals surface area (Å²) in [5.41, 5.74) is -0.132. The Bertz CT molecular complexity index is 572. The summed E-state index contributed by atoms with van der Waals surface area (Å²) in [5.74, 6) is -0.500. The number of carbonyl (C=O) groups excluding carboxylic acids is 2. The van der Waals surface area contributed by atoms with Crippen LogP contribution in [0.5, 0.6) is 0 Å². The van der Waals surface area contributed by atoms with Crippen LogP contribution >= 0.6 is 0 Å². The summed E-state index contributed by atoms with van der Waals surface area (Å²) in [6.07, 6.45) is 1.07. The number of hydrogen-bond donors (Lipinski definition) is 3. The van der Waals surface area contributed by atoms with Crippen LogP contribution < -0.4 is 10.6 Å². The van der Waals surface area contributed by atoms with Gasteiger partial charge in [-0.2, -0.15) is 0 Å². The molecule has 0 saturated heterocycles. The fraction of sp³-hybridized carbons (Fsp3) is 0.429. The van der Waals surface area contributed by atoms with Crippen molar-refractivity contribution < 1.29 is 19.6 Å². The number of aliphatic hydroxyl groups excluding tert-OH is 1. The van der Waals surface area contributed by atoms with Gasteiger partial charge in [0.05, 0.1) is 10.5 Å². The number of amides is 1. The van der Waals surface area contributed by atoms with Crippen molar-refractivity contribution in [1.29, 1.82) is 0 Å². The second-order valence-corrected chi connectivity index (χ2v) is 5.33. The van der Waals surface area contributed by atoms with E-state index in [1.807, 2.05) is 0 Å². The molecule has 1 rings (SSSR count). The molecule has 120 valence electrons. The molecule has 0 spiro atoms. The lowest BCUT2D eigenvalue weighted by Crippen LogP contribution is -2.32. The molecule has 8 heteroatoms. The average Bonchev–Trinajstić information content (AvgIpc) is 2.47. The van der Waals surface area contributed by atoms with Crippen LogP contribution in [0.3, 0.4) is 0 Å². The zero-order valence-electron chi connectivity index (χ0n) is 12.5. The van der Waals surface area contributed by atoms with E-state index < -0.39 is 23.0 Å². The van der Waals surface area contributed by atoms with Crippen molar-refractivity contribution in [2.24, 2.45) is 0 Å². The highest BCUT2D eigenvalue weighted by Gasteiger charge is 2.22. The van der Waals surface area contributed by atoms with Crippen molar-refractivity contribution in [3.8, 4) is 0 Å². The molecule has 8 nitrogen and oxygen atoms in total. The van der Waals surface area contributed by atoms with Crippen molar-refractivity contribution in [1.82, 2.24) is 5.32 Å². The van der Waals surface area contributed by atoms with Crippen molar-refractivity contribution in [3.05, 3.63) is 33.9 Å². The van der Waals surface area contributed by atoms with Crippen LogP contribution in [0, 0.1) is 10.1 Å². The first-order valence-electron chi connectivity index (χ1n) is 6.68. The zero-order valence-corrected chi connectivity index (χ0v) is 12.5. The Morgan fingerprint density at radius 1 is 1.45 bits per heavy atom. The molecule has 3 N–H and O–H groups in total. The number of aldehydes is 1. The van der Waals surface area contributed by atoms with Crippen LogP contribution in [0.25, 0.3) is 0 Å². The Morgan fingerprint density at radius 2 is 2.14 bits per heavy atom. The quantitative estimate of drug-likeness (QED) is 0.368. The molecule has 1 aromatic rings. The second-order valence-electron chi connectivity index (χ2n) is 5.33. The SMILES string of the molecule is CC(C)(C=O)Nc1ccc(CCNC(=O)CO)cc1[N+](=O)[O-]. The molecule has 0 unspecified atom stereocenters. The summed E-state index contributed by atoms with van der Waals surface area (Å²) in [6.45, 7) is 2.90. The molecular weight excluding hydrogens is 290 g/mol. The molecule has 0 fully saturated rings. The molecule has 0 aliphatic heterocycles. The molecule has 0 heterocycles. The number of nitrogens with zero attached hydrogens (tertiary/aromatic N) is 1. The van der Waals surface area contributed by atoms with E-state index in [1.54, 1.807) is 19.9 Å². The van der Waals surface area contributed by atoms with Gasteiger partial charge in [0.1, 0.15) is 18.6 Å².